The lowest BCUT2D eigenvalue weighted by Crippen LogP contribution is -2.50. The quantitative estimate of drug-likeness (QED) is 0.566. The summed E-state index contributed by atoms with van der Waals surface area (Å²) >= 11 is 0. The largest absolute Gasteiger partial charge is 0.376 e. The lowest BCUT2D eigenvalue weighted by atomic mass is 10.1. The van der Waals surface area contributed by atoms with Crippen molar-refractivity contribution in [1.82, 2.24) is 10.4 Å². The van der Waals surface area contributed by atoms with Crippen molar-refractivity contribution in [2.75, 3.05) is 27.2 Å². The Morgan fingerprint density at radius 1 is 1.67 bits per heavy atom. The molecule has 3 N–H and O–H groups in total. The summed E-state index contributed by atoms with van der Waals surface area (Å²) in [4.78, 5) is 0. The average Bonchev–Trinajstić information content (AvgIpc) is 2.51. The zero-order valence-electron chi connectivity index (χ0n) is 7.92. The van der Waals surface area contributed by atoms with Gasteiger partial charge in [0.2, 0.25) is 0 Å². The monoisotopic (exact) mass is 173 g/mol. The molecule has 4 heteroatoms. The molecule has 2 unspecified atom stereocenters. The Bertz CT molecular complexity index is 123. The third-order valence-corrected chi connectivity index (χ3v) is 2.09. The van der Waals surface area contributed by atoms with Crippen LogP contribution in [0.3, 0.4) is 0 Å². The molecule has 0 saturated carbocycles. The van der Waals surface area contributed by atoms with Crippen molar-refractivity contribution in [3.63, 3.8) is 0 Å². The SMILES string of the molecule is CN(C)NC(CN)C1CCCO1. The Kier molecular flexibility index (Phi) is 3.94. The Morgan fingerprint density at radius 2 is 2.42 bits per heavy atom. The number of hydrogen-bond acceptors (Lipinski definition) is 4. The highest BCUT2D eigenvalue weighted by molar-refractivity contribution is 4.79. The van der Waals surface area contributed by atoms with Crippen LogP contribution in [-0.4, -0.2) is 44.4 Å². The summed E-state index contributed by atoms with van der Waals surface area (Å²) in [6.07, 6.45) is 2.59. The summed E-state index contributed by atoms with van der Waals surface area (Å²) < 4.78 is 5.54. The highest BCUT2D eigenvalue weighted by Gasteiger charge is 2.24. The fraction of sp³-hybridized carbons (Fsp3) is 1.00. The summed E-state index contributed by atoms with van der Waals surface area (Å²) in [6.45, 7) is 1.51. The second kappa shape index (κ2) is 4.77. The minimum atomic E-state index is 0.266. The molecule has 2 atom stereocenters. The summed E-state index contributed by atoms with van der Waals surface area (Å²) in [5.41, 5.74) is 8.89. The van der Waals surface area contributed by atoms with Crippen molar-refractivity contribution >= 4 is 0 Å². The van der Waals surface area contributed by atoms with E-state index in [1.165, 1.54) is 0 Å². The predicted octanol–water partition coefficient (Wildman–Crippen LogP) is -0.441. The summed E-state index contributed by atoms with van der Waals surface area (Å²) in [7, 11) is 3.94. The highest BCUT2D eigenvalue weighted by atomic mass is 16.5. The third-order valence-electron chi connectivity index (χ3n) is 2.09. The zero-order valence-corrected chi connectivity index (χ0v) is 7.92. The second-order valence-corrected chi connectivity index (χ2v) is 3.42. The number of hydrazine groups is 1. The fourth-order valence-electron chi connectivity index (χ4n) is 1.54. The molecule has 1 aliphatic heterocycles. The molecule has 0 aromatic rings. The van der Waals surface area contributed by atoms with Crippen LogP contribution in [0.4, 0.5) is 0 Å². The van der Waals surface area contributed by atoms with E-state index < -0.39 is 0 Å². The molecule has 12 heavy (non-hydrogen) atoms. The van der Waals surface area contributed by atoms with Crippen LogP contribution >= 0.6 is 0 Å². The van der Waals surface area contributed by atoms with Crippen LogP contribution in [0, 0.1) is 0 Å². The molecule has 0 aromatic carbocycles. The van der Waals surface area contributed by atoms with E-state index in [2.05, 4.69) is 5.43 Å². The maximum atomic E-state index is 5.63. The van der Waals surface area contributed by atoms with E-state index in [-0.39, 0.29) is 6.04 Å². The van der Waals surface area contributed by atoms with E-state index in [9.17, 15) is 0 Å². The van der Waals surface area contributed by atoms with Crippen LogP contribution in [0.5, 0.6) is 0 Å². The maximum absolute atomic E-state index is 5.63. The number of rotatable bonds is 4. The summed E-state index contributed by atoms with van der Waals surface area (Å²) in [5, 5.41) is 1.93. The standard InChI is InChI=1S/C8H19N3O/c1-11(2)10-7(6-9)8-4-3-5-12-8/h7-8,10H,3-6,9H2,1-2H3. The Balaban J connectivity index is 2.32. The lowest BCUT2D eigenvalue weighted by Gasteiger charge is -2.26. The van der Waals surface area contributed by atoms with Crippen LogP contribution in [0.2, 0.25) is 0 Å². The van der Waals surface area contributed by atoms with Crippen LogP contribution in [-0.2, 0) is 4.74 Å². The van der Waals surface area contributed by atoms with Crippen LogP contribution in [0.15, 0.2) is 0 Å². The first-order chi connectivity index (χ1) is 5.74. The summed E-state index contributed by atoms with van der Waals surface area (Å²) in [6, 6.07) is 0.266. The molecule has 0 amide bonds. The lowest BCUT2D eigenvalue weighted by molar-refractivity contribution is 0.0565. The first-order valence-corrected chi connectivity index (χ1v) is 4.49. The molecule has 1 heterocycles. The predicted molar refractivity (Wildman–Crippen MR) is 48.6 cm³/mol. The van der Waals surface area contributed by atoms with E-state index in [0.29, 0.717) is 12.6 Å². The van der Waals surface area contributed by atoms with Gasteiger partial charge in [-0.05, 0) is 12.8 Å². The van der Waals surface area contributed by atoms with Crippen molar-refractivity contribution in [1.29, 1.82) is 0 Å². The van der Waals surface area contributed by atoms with E-state index in [1.807, 2.05) is 19.1 Å². The smallest absolute Gasteiger partial charge is 0.0754 e. The van der Waals surface area contributed by atoms with E-state index in [0.717, 1.165) is 19.4 Å². The average molecular weight is 173 g/mol. The van der Waals surface area contributed by atoms with Gasteiger partial charge in [-0.2, -0.15) is 0 Å². The molecule has 0 radical (unpaired) electrons. The molecule has 1 aliphatic rings. The normalized spacial score (nSPS) is 26.5. The fourth-order valence-corrected chi connectivity index (χ4v) is 1.54. The third kappa shape index (κ3) is 2.71. The molecule has 1 rings (SSSR count). The minimum Gasteiger partial charge on any atom is -0.376 e. The molecule has 1 fully saturated rings. The molecule has 0 spiro atoms. The molecule has 4 nitrogen and oxygen atoms in total. The van der Waals surface area contributed by atoms with Gasteiger partial charge in [0.1, 0.15) is 0 Å². The molecule has 72 valence electrons. The van der Waals surface area contributed by atoms with Crippen molar-refractivity contribution < 1.29 is 4.74 Å². The van der Waals surface area contributed by atoms with E-state index in [4.69, 9.17) is 10.5 Å². The van der Waals surface area contributed by atoms with Crippen molar-refractivity contribution in [3.8, 4) is 0 Å². The number of ether oxygens (including phenoxy) is 1. The second-order valence-electron chi connectivity index (χ2n) is 3.42. The molecule has 0 aromatic heterocycles. The van der Waals surface area contributed by atoms with Gasteiger partial charge in [0.15, 0.2) is 0 Å². The van der Waals surface area contributed by atoms with Crippen molar-refractivity contribution in [2.24, 2.45) is 5.73 Å². The van der Waals surface area contributed by atoms with Crippen molar-refractivity contribution in [2.45, 2.75) is 25.0 Å². The molecule has 1 saturated heterocycles. The van der Waals surface area contributed by atoms with Gasteiger partial charge < -0.3 is 10.5 Å². The minimum absolute atomic E-state index is 0.266. The maximum Gasteiger partial charge on any atom is 0.0754 e. The highest BCUT2D eigenvalue weighted by Crippen LogP contribution is 2.14. The molecule has 0 aliphatic carbocycles. The van der Waals surface area contributed by atoms with Gasteiger partial charge in [-0.15, -0.1) is 0 Å². The zero-order chi connectivity index (χ0) is 8.97. The van der Waals surface area contributed by atoms with Gasteiger partial charge in [0.05, 0.1) is 12.1 Å². The molecule has 0 bridgehead atoms. The van der Waals surface area contributed by atoms with Gasteiger partial charge in [-0.25, -0.2) is 5.43 Å². The van der Waals surface area contributed by atoms with E-state index >= 15 is 0 Å². The number of hydrogen-bond donors (Lipinski definition) is 2. The van der Waals surface area contributed by atoms with Crippen LogP contribution in [0.1, 0.15) is 12.8 Å². The molecular formula is C8H19N3O. The van der Waals surface area contributed by atoms with Gasteiger partial charge in [0.25, 0.3) is 0 Å². The van der Waals surface area contributed by atoms with Gasteiger partial charge in [-0.3, -0.25) is 5.01 Å². The summed E-state index contributed by atoms with van der Waals surface area (Å²) in [5.74, 6) is 0. The van der Waals surface area contributed by atoms with Crippen LogP contribution < -0.4 is 11.2 Å². The van der Waals surface area contributed by atoms with E-state index in [1.54, 1.807) is 0 Å². The number of nitrogens with two attached hydrogens (primary N) is 1. The van der Waals surface area contributed by atoms with Crippen LogP contribution in [0.25, 0.3) is 0 Å². The Morgan fingerprint density at radius 3 is 2.83 bits per heavy atom. The van der Waals surface area contributed by atoms with Gasteiger partial charge in [-0.1, -0.05) is 0 Å². The van der Waals surface area contributed by atoms with Gasteiger partial charge >= 0.3 is 0 Å². The van der Waals surface area contributed by atoms with Gasteiger partial charge in [0, 0.05) is 27.2 Å². The molecular weight excluding hydrogens is 154 g/mol. The topological polar surface area (TPSA) is 50.5 Å². The number of nitrogens with one attached hydrogen (secondary N) is 1. The Hall–Kier alpha value is -0.160. The first kappa shape index (κ1) is 9.92. The number of nitrogens with zero attached hydrogens (tertiary/aromatic N) is 1. The van der Waals surface area contributed by atoms with Crippen molar-refractivity contribution in [3.05, 3.63) is 0 Å². The first-order valence-electron chi connectivity index (χ1n) is 4.49. The Labute approximate surface area is 74.0 Å².